The predicted octanol–water partition coefficient (Wildman–Crippen LogP) is 2.39. The first-order valence-corrected chi connectivity index (χ1v) is 5.61. The number of nitrogens with two attached hydrogens (primary N) is 1. The molecule has 0 aromatic heterocycles. The first-order valence-electron chi connectivity index (χ1n) is 5.61. The zero-order valence-electron chi connectivity index (χ0n) is 9.90. The van der Waals surface area contributed by atoms with Gasteiger partial charge in [-0.3, -0.25) is 0 Å². The van der Waals surface area contributed by atoms with Gasteiger partial charge in [0.1, 0.15) is 0 Å². The lowest BCUT2D eigenvalue weighted by molar-refractivity contribution is 0.505. The fraction of sp³-hybridized carbons (Fsp3) is 1.00. The molecule has 0 aliphatic rings. The van der Waals surface area contributed by atoms with Crippen molar-refractivity contribution in [1.82, 2.24) is 5.32 Å². The van der Waals surface area contributed by atoms with Crippen molar-refractivity contribution in [3.63, 3.8) is 0 Å². The van der Waals surface area contributed by atoms with Crippen molar-refractivity contribution < 1.29 is 0 Å². The minimum absolute atomic E-state index is 0.764. The maximum atomic E-state index is 5.39. The van der Waals surface area contributed by atoms with Crippen molar-refractivity contribution in [3.05, 3.63) is 0 Å². The normalized spacial score (nSPS) is 9.69. The summed E-state index contributed by atoms with van der Waals surface area (Å²) in [6, 6.07) is 0. The van der Waals surface area contributed by atoms with Crippen molar-refractivity contribution in [2.24, 2.45) is 11.7 Å². The molecule has 0 fully saturated rings. The molecule has 82 valence electrons. The third kappa shape index (κ3) is 14.7. The molecular formula is C11H28N2. The highest BCUT2D eigenvalue weighted by Crippen LogP contribution is 2.02. The summed E-state index contributed by atoms with van der Waals surface area (Å²) in [6.45, 7) is 8.57. The second-order valence-electron chi connectivity index (χ2n) is 3.38. The van der Waals surface area contributed by atoms with Gasteiger partial charge in [0.25, 0.3) is 0 Å². The molecule has 0 aliphatic carbocycles. The third-order valence-electron chi connectivity index (χ3n) is 2.27. The fourth-order valence-corrected chi connectivity index (χ4v) is 0.976. The van der Waals surface area contributed by atoms with Crippen LogP contribution in [0.1, 0.15) is 46.5 Å². The van der Waals surface area contributed by atoms with E-state index in [0.717, 1.165) is 19.0 Å². The maximum absolute atomic E-state index is 5.39. The number of nitrogens with one attached hydrogen (secondary N) is 1. The zero-order valence-corrected chi connectivity index (χ0v) is 9.90. The van der Waals surface area contributed by atoms with E-state index in [1.165, 1.54) is 25.7 Å². The smallest absolute Gasteiger partial charge is 0.00491 e. The van der Waals surface area contributed by atoms with Gasteiger partial charge >= 0.3 is 0 Å². The molecular weight excluding hydrogens is 160 g/mol. The van der Waals surface area contributed by atoms with Crippen LogP contribution in [0, 0.1) is 5.92 Å². The van der Waals surface area contributed by atoms with E-state index >= 15 is 0 Å². The van der Waals surface area contributed by atoms with Crippen molar-refractivity contribution in [3.8, 4) is 0 Å². The fourth-order valence-electron chi connectivity index (χ4n) is 0.976. The Morgan fingerprint density at radius 1 is 1.15 bits per heavy atom. The van der Waals surface area contributed by atoms with E-state index in [4.69, 9.17) is 5.73 Å². The minimum atomic E-state index is 0.764. The maximum Gasteiger partial charge on any atom is -0.00491 e. The molecule has 0 spiro atoms. The van der Waals surface area contributed by atoms with Crippen LogP contribution in [0.2, 0.25) is 0 Å². The molecule has 0 aromatic rings. The Hall–Kier alpha value is -0.0800. The average Bonchev–Trinajstić information content (AvgIpc) is 2.18. The lowest BCUT2D eigenvalue weighted by Crippen LogP contribution is -2.11. The van der Waals surface area contributed by atoms with Gasteiger partial charge in [-0.25, -0.2) is 0 Å². The highest BCUT2D eigenvalue weighted by Gasteiger charge is 1.96. The molecule has 0 atom stereocenters. The molecule has 0 bridgehead atoms. The summed E-state index contributed by atoms with van der Waals surface area (Å²) in [4.78, 5) is 0. The summed E-state index contributed by atoms with van der Waals surface area (Å²) in [5, 5.41) is 3.07. The summed E-state index contributed by atoms with van der Waals surface area (Å²) in [6.07, 6.45) is 5.05. The molecule has 0 unspecified atom stereocenters. The minimum Gasteiger partial charge on any atom is -0.330 e. The molecule has 0 heterocycles. The van der Waals surface area contributed by atoms with Crippen LogP contribution in [0.4, 0.5) is 0 Å². The predicted molar refractivity (Wildman–Crippen MR) is 62.0 cm³/mol. The highest BCUT2D eigenvalue weighted by molar-refractivity contribution is 4.52. The Bertz CT molecular complexity index is 61.0. The van der Waals surface area contributed by atoms with Gasteiger partial charge in [-0.2, -0.15) is 0 Å². The quantitative estimate of drug-likeness (QED) is 0.628. The first-order chi connectivity index (χ1) is 6.26. The molecule has 0 amide bonds. The van der Waals surface area contributed by atoms with Crippen molar-refractivity contribution in [2.75, 3.05) is 20.1 Å². The van der Waals surface area contributed by atoms with E-state index in [1.54, 1.807) is 0 Å². The Labute approximate surface area is 84.3 Å². The van der Waals surface area contributed by atoms with E-state index in [0.29, 0.717) is 0 Å². The van der Waals surface area contributed by atoms with Gasteiger partial charge < -0.3 is 11.1 Å². The molecule has 2 heteroatoms. The zero-order chi connectivity index (χ0) is 10.5. The van der Waals surface area contributed by atoms with E-state index in [1.807, 2.05) is 7.05 Å². The largest absolute Gasteiger partial charge is 0.330 e. The van der Waals surface area contributed by atoms with Crippen LogP contribution in [0.3, 0.4) is 0 Å². The number of rotatable bonds is 6. The van der Waals surface area contributed by atoms with Gasteiger partial charge in [0.2, 0.25) is 0 Å². The summed E-state index contributed by atoms with van der Waals surface area (Å²) < 4.78 is 0. The summed E-state index contributed by atoms with van der Waals surface area (Å²) >= 11 is 0. The second kappa shape index (κ2) is 14.4. The monoisotopic (exact) mass is 188 g/mol. The lowest BCUT2D eigenvalue weighted by Gasteiger charge is -2.05. The second-order valence-corrected chi connectivity index (χ2v) is 3.38. The van der Waals surface area contributed by atoms with Gasteiger partial charge in [-0.15, -0.1) is 0 Å². The number of unbranched alkanes of at least 4 members (excludes halogenated alkanes) is 1. The molecule has 0 saturated heterocycles. The molecule has 0 radical (unpaired) electrons. The van der Waals surface area contributed by atoms with Crippen molar-refractivity contribution in [1.29, 1.82) is 0 Å². The van der Waals surface area contributed by atoms with Crippen LogP contribution < -0.4 is 11.1 Å². The van der Waals surface area contributed by atoms with Gasteiger partial charge in [0.15, 0.2) is 0 Å². The SMILES string of the molecule is CCC(CC)CN.CCCCNC. The molecule has 13 heavy (non-hydrogen) atoms. The Morgan fingerprint density at radius 2 is 1.69 bits per heavy atom. The summed E-state index contributed by atoms with van der Waals surface area (Å²) in [7, 11) is 1.98. The molecule has 0 saturated carbocycles. The third-order valence-corrected chi connectivity index (χ3v) is 2.27. The van der Waals surface area contributed by atoms with Crippen molar-refractivity contribution in [2.45, 2.75) is 46.5 Å². The number of hydrogen-bond donors (Lipinski definition) is 2. The van der Waals surface area contributed by atoms with Gasteiger partial charge in [-0.05, 0) is 32.5 Å². The molecule has 2 nitrogen and oxygen atoms in total. The molecule has 0 aliphatic heterocycles. The van der Waals surface area contributed by atoms with Crippen LogP contribution in [-0.4, -0.2) is 20.1 Å². The first kappa shape index (κ1) is 15.4. The lowest BCUT2D eigenvalue weighted by atomic mass is 10.0. The van der Waals surface area contributed by atoms with Crippen LogP contribution in [0.15, 0.2) is 0 Å². The van der Waals surface area contributed by atoms with E-state index in [-0.39, 0.29) is 0 Å². The summed E-state index contributed by atoms with van der Waals surface area (Å²) in [5.74, 6) is 0.764. The highest BCUT2D eigenvalue weighted by atomic mass is 14.8. The average molecular weight is 188 g/mol. The van der Waals surface area contributed by atoms with Crippen LogP contribution >= 0.6 is 0 Å². The van der Waals surface area contributed by atoms with Crippen LogP contribution in [-0.2, 0) is 0 Å². The number of hydrogen-bond acceptors (Lipinski definition) is 2. The Balaban J connectivity index is 0. The Kier molecular flexibility index (Phi) is 17.1. The standard InChI is InChI=1S/C6H15N.C5H13N/c1-3-6(4-2)5-7;1-3-4-5-6-2/h6H,3-5,7H2,1-2H3;6H,3-5H2,1-2H3. The Morgan fingerprint density at radius 3 is 1.77 bits per heavy atom. The van der Waals surface area contributed by atoms with E-state index < -0.39 is 0 Å². The van der Waals surface area contributed by atoms with Gasteiger partial charge in [0, 0.05) is 0 Å². The molecule has 0 aromatic carbocycles. The van der Waals surface area contributed by atoms with Crippen molar-refractivity contribution >= 4 is 0 Å². The summed E-state index contributed by atoms with van der Waals surface area (Å²) in [5.41, 5.74) is 5.39. The van der Waals surface area contributed by atoms with Crippen LogP contribution in [0.25, 0.3) is 0 Å². The molecule has 3 N–H and O–H groups in total. The van der Waals surface area contributed by atoms with Crippen LogP contribution in [0.5, 0.6) is 0 Å². The van der Waals surface area contributed by atoms with E-state index in [2.05, 4.69) is 26.1 Å². The van der Waals surface area contributed by atoms with Gasteiger partial charge in [-0.1, -0.05) is 40.0 Å². The topological polar surface area (TPSA) is 38.0 Å². The molecule has 0 rings (SSSR count). The van der Waals surface area contributed by atoms with E-state index in [9.17, 15) is 0 Å². The van der Waals surface area contributed by atoms with Gasteiger partial charge in [0.05, 0.1) is 0 Å².